The van der Waals surface area contributed by atoms with Crippen LogP contribution in [0, 0.1) is 12.8 Å². The second kappa shape index (κ2) is 9.88. The van der Waals surface area contributed by atoms with Crippen LogP contribution in [0.25, 0.3) is 0 Å². The van der Waals surface area contributed by atoms with Gasteiger partial charge < -0.3 is 4.42 Å². The van der Waals surface area contributed by atoms with E-state index in [1.165, 1.54) is 16.4 Å². The van der Waals surface area contributed by atoms with Crippen molar-refractivity contribution in [3.63, 3.8) is 0 Å². The molecule has 1 aliphatic heterocycles. The van der Waals surface area contributed by atoms with E-state index in [0.717, 1.165) is 17.4 Å². The van der Waals surface area contributed by atoms with Crippen LogP contribution in [0.15, 0.2) is 62.7 Å². The first-order valence-electron chi connectivity index (χ1n) is 11.0. The fourth-order valence-electron chi connectivity index (χ4n) is 3.85. The normalized spacial score (nSPS) is 17.3. The average Bonchev–Trinajstić information content (AvgIpc) is 3.25. The second-order valence-corrected chi connectivity index (χ2v) is 12.6. The number of piperidine rings is 1. The number of aromatic nitrogens is 2. The molecule has 1 aromatic heterocycles. The van der Waals surface area contributed by atoms with Gasteiger partial charge in [0.2, 0.25) is 21.8 Å². The van der Waals surface area contributed by atoms with Gasteiger partial charge in [0.1, 0.15) is 0 Å². The number of benzene rings is 2. The summed E-state index contributed by atoms with van der Waals surface area (Å²) in [6.07, 6.45) is 2.50. The minimum atomic E-state index is -3.70. The topological polar surface area (TPSA) is 140 Å². The summed E-state index contributed by atoms with van der Waals surface area (Å²) in [5.41, 5.74) is 1.73. The maximum Gasteiger partial charge on any atom is 0.322 e. The number of nitrogens with zero attached hydrogens (tertiary/aromatic N) is 3. The predicted molar refractivity (Wildman–Crippen MR) is 128 cm³/mol. The molecule has 3 aromatic rings. The molecule has 2 aromatic carbocycles. The summed E-state index contributed by atoms with van der Waals surface area (Å²) >= 11 is 0. The maximum absolute atomic E-state index is 13.0. The smallest absolute Gasteiger partial charge is 0.322 e. The number of hydrogen-bond acceptors (Lipinski definition) is 8. The Bertz CT molecular complexity index is 1420. The number of sulfonamides is 1. The predicted octanol–water partition coefficient (Wildman–Crippen LogP) is 2.41. The van der Waals surface area contributed by atoms with Crippen molar-refractivity contribution in [2.24, 2.45) is 5.92 Å². The molecule has 10 nitrogen and oxygen atoms in total. The van der Waals surface area contributed by atoms with Crippen molar-refractivity contribution >= 4 is 31.8 Å². The number of aryl methyl sites for hydroxylation is 1. The summed E-state index contributed by atoms with van der Waals surface area (Å²) in [5.74, 6) is -0.691. The van der Waals surface area contributed by atoms with Crippen LogP contribution in [-0.2, 0) is 31.1 Å². The highest BCUT2D eigenvalue weighted by atomic mass is 32.2. The molecule has 1 amide bonds. The Morgan fingerprint density at radius 1 is 1.03 bits per heavy atom. The standard InChI is InChI=1S/C23H26N4O6S2/c1-16-5-9-20(10-6-16)35(31,32)27-13-3-4-18(15-27)22(28)24-23-26-25-21(33-23)14-17-7-11-19(12-8-17)34(2,29)30/h5-12,18H,3-4,13-15H2,1-2H3,(H,24,26,28). The van der Waals surface area contributed by atoms with Crippen molar-refractivity contribution < 1.29 is 26.0 Å². The molecule has 2 heterocycles. The quantitative estimate of drug-likeness (QED) is 0.503. The molecule has 12 heteroatoms. The molecule has 186 valence electrons. The highest BCUT2D eigenvalue weighted by molar-refractivity contribution is 7.90. The van der Waals surface area contributed by atoms with Gasteiger partial charge in [0.15, 0.2) is 9.84 Å². The number of anilines is 1. The third-order valence-corrected chi connectivity index (χ3v) is 8.83. The van der Waals surface area contributed by atoms with Crippen molar-refractivity contribution in [3.05, 3.63) is 65.5 Å². The Morgan fingerprint density at radius 3 is 2.34 bits per heavy atom. The second-order valence-electron chi connectivity index (χ2n) is 8.60. The molecule has 0 radical (unpaired) electrons. The Morgan fingerprint density at radius 2 is 1.69 bits per heavy atom. The molecule has 4 rings (SSSR count). The molecule has 1 fully saturated rings. The fraction of sp³-hybridized carbons (Fsp3) is 0.348. The van der Waals surface area contributed by atoms with Gasteiger partial charge in [-0.3, -0.25) is 10.1 Å². The van der Waals surface area contributed by atoms with E-state index in [0.29, 0.717) is 19.4 Å². The SMILES string of the molecule is Cc1ccc(S(=O)(=O)N2CCCC(C(=O)Nc3nnc(Cc4ccc(S(C)(=O)=O)cc4)o3)C2)cc1. The molecule has 1 atom stereocenters. The molecule has 1 aliphatic rings. The third kappa shape index (κ3) is 5.95. The molecule has 0 saturated carbocycles. The number of carbonyl (C=O) groups is 1. The van der Waals surface area contributed by atoms with Gasteiger partial charge in [-0.05, 0) is 49.6 Å². The minimum Gasteiger partial charge on any atom is -0.407 e. The van der Waals surface area contributed by atoms with Gasteiger partial charge in [-0.1, -0.05) is 34.9 Å². The number of amides is 1. The Labute approximate surface area is 204 Å². The number of hydrogen-bond donors (Lipinski definition) is 1. The zero-order chi connectivity index (χ0) is 25.2. The van der Waals surface area contributed by atoms with E-state index >= 15 is 0 Å². The van der Waals surface area contributed by atoms with Crippen LogP contribution < -0.4 is 5.32 Å². The monoisotopic (exact) mass is 518 g/mol. The van der Waals surface area contributed by atoms with Crippen molar-refractivity contribution in [2.45, 2.75) is 36.0 Å². The summed E-state index contributed by atoms with van der Waals surface area (Å²) < 4.78 is 56.0. The summed E-state index contributed by atoms with van der Waals surface area (Å²) in [7, 11) is -6.98. The van der Waals surface area contributed by atoms with Gasteiger partial charge in [0, 0.05) is 19.3 Å². The number of carbonyl (C=O) groups excluding carboxylic acids is 1. The first-order valence-corrected chi connectivity index (χ1v) is 14.3. The summed E-state index contributed by atoms with van der Waals surface area (Å²) in [6.45, 7) is 2.30. The van der Waals surface area contributed by atoms with Gasteiger partial charge in [-0.2, -0.15) is 4.31 Å². The minimum absolute atomic E-state index is 0.0652. The van der Waals surface area contributed by atoms with Crippen LogP contribution in [0.3, 0.4) is 0 Å². The Balaban J connectivity index is 1.38. The van der Waals surface area contributed by atoms with Crippen molar-refractivity contribution in [3.8, 4) is 0 Å². The van der Waals surface area contributed by atoms with Gasteiger partial charge >= 0.3 is 6.01 Å². The fourth-order valence-corrected chi connectivity index (χ4v) is 6.00. The van der Waals surface area contributed by atoms with E-state index in [4.69, 9.17) is 4.42 Å². The molecular formula is C23H26N4O6S2. The lowest BCUT2D eigenvalue weighted by molar-refractivity contribution is -0.121. The summed E-state index contributed by atoms with van der Waals surface area (Å²) in [6, 6.07) is 12.9. The molecule has 0 aliphatic carbocycles. The van der Waals surface area contributed by atoms with Gasteiger partial charge in [0.25, 0.3) is 0 Å². The highest BCUT2D eigenvalue weighted by Gasteiger charge is 2.33. The van der Waals surface area contributed by atoms with Crippen molar-refractivity contribution in [1.82, 2.24) is 14.5 Å². The lowest BCUT2D eigenvalue weighted by Crippen LogP contribution is -2.43. The summed E-state index contributed by atoms with van der Waals surface area (Å²) in [4.78, 5) is 13.2. The van der Waals surface area contributed by atoms with E-state index in [2.05, 4.69) is 15.5 Å². The van der Waals surface area contributed by atoms with Crippen LogP contribution in [0.5, 0.6) is 0 Å². The van der Waals surface area contributed by atoms with E-state index in [-0.39, 0.29) is 40.6 Å². The number of rotatable bonds is 7. The van der Waals surface area contributed by atoms with E-state index in [1.54, 1.807) is 36.4 Å². The number of sulfone groups is 1. The third-order valence-electron chi connectivity index (χ3n) is 5.82. The van der Waals surface area contributed by atoms with Crippen LogP contribution in [-0.4, -0.2) is 56.6 Å². The molecular weight excluding hydrogens is 492 g/mol. The van der Waals surface area contributed by atoms with E-state index in [9.17, 15) is 21.6 Å². The van der Waals surface area contributed by atoms with E-state index < -0.39 is 25.8 Å². The van der Waals surface area contributed by atoms with Crippen LogP contribution in [0.4, 0.5) is 6.01 Å². The highest BCUT2D eigenvalue weighted by Crippen LogP contribution is 2.25. The number of nitrogens with one attached hydrogen (secondary N) is 1. The Hall–Kier alpha value is -3.09. The molecule has 0 spiro atoms. The van der Waals surface area contributed by atoms with Gasteiger partial charge in [-0.25, -0.2) is 16.8 Å². The largest absolute Gasteiger partial charge is 0.407 e. The van der Waals surface area contributed by atoms with Crippen LogP contribution in [0.1, 0.15) is 29.9 Å². The van der Waals surface area contributed by atoms with E-state index in [1.807, 2.05) is 6.92 Å². The molecule has 0 bridgehead atoms. The van der Waals surface area contributed by atoms with Crippen LogP contribution in [0.2, 0.25) is 0 Å². The average molecular weight is 519 g/mol. The zero-order valence-electron chi connectivity index (χ0n) is 19.3. The van der Waals surface area contributed by atoms with Crippen LogP contribution >= 0.6 is 0 Å². The molecule has 1 saturated heterocycles. The lowest BCUT2D eigenvalue weighted by Gasteiger charge is -2.30. The molecule has 1 N–H and O–H groups in total. The zero-order valence-corrected chi connectivity index (χ0v) is 21.0. The molecule has 35 heavy (non-hydrogen) atoms. The lowest BCUT2D eigenvalue weighted by atomic mass is 9.99. The van der Waals surface area contributed by atoms with Crippen molar-refractivity contribution in [1.29, 1.82) is 0 Å². The van der Waals surface area contributed by atoms with Gasteiger partial charge in [-0.15, -0.1) is 5.10 Å². The van der Waals surface area contributed by atoms with Gasteiger partial charge in [0.05, 0.1) is 22.1 Å². The molecule has 1 unspecified atom stereocenters. The maximum atomic E-state index is 13.0. The summed E-state index contributed by atoms with van der Waals surface area (Å²) in [5, 5.41) is 10.4. The van der Waals surface area contributed by atoms with Crippen molar-refractivity contribution in [2.75, 3.05) is 24.7 Å². The first kappa shape index (κ1) is 25.0. The Kier molecular flexibility index (Phi) is 7.06. The first-order chi connectivity index (χ1) is 16.5.